The van der Waals surface area contributed by atoms with Crippen molar-refractivity contribution in [2.45, 2.75) is 6.17 Å². The van der Waals surface area contributed by atoms with Crippen molar-refractivity contribution in [3.63, 3.8) is 0 Å². The lowest BCUT2D eigenvalue weighted by atomic mass is 10.1. The number of hydroxylamine groups is 2. The molecule has 3 amide bonds. The molecule has 0 saturated carbocycles. The van der Waals surface area contributed by atoms with Crippen molar-refractivity contribution in [3.05, 3.63) is 78.9 Å². The largest absolute Gasteiger partial charge is 0.324 e. The van der Waals surface area contributed by atoms with Gasteiger partial charge in [-0.15, -0.1) is 6.58 Å². The molecule has 1 atom stereocenters. The van der Waals surface area contributed by atoms with E-state index < -0.39 is 6.17 Å². The third kappa shape index (κ3) is 3.70. The lowest BCUT2D eigenvalue weighted by Crippen LogP contribution is -2.38. The smallest absolute Gasteiger partial charge is 0.308 e. The Kier molecular flexibility index (Phi) is 5.11. The van der Waals surface area contributed by atoms with Crippen LogP contribution >= 0.6 is 0 Å². The summed E-state index contributed by atoms with van der Waals surface area (Å²) in [6.07, 6.45) is 0.930. The van der Waals surface area contributed by atoms with E-state index in [0.717, 1.165) is 5.56 Å². The second-order valence-corrected chi connectivity index (χ2v) is 5.51. The third-order valence-electron chi connectivity index (χ3n) is 3.78. The number of rotatable bonds is 5. The van der Waals surface area contributed by atoms with Crippen LogP contribution in [0.15, 0.2) is 73.3 Å². The van der Waals surface area contributed by atoms with Crippen LogP contribution in [-0.2, 0) is 9.63 Å². The first-order valence-corrected chi connectivity index (χ1v) is 7.94. The first kappa shape index (κ1) is 16.7. The summed E-state index contributed by atoms with van der Waals surface area (Å²) in [4.78, 5) is 32.1. The Morgan fingerprint density at radius 1 is 1.16 bits per heavy atom. The van der Waals surface area contributed by atoms with Crippen LogP contribution in [0.1, 0.15) is 11.7 Å². The fraction of sp³-hybridized carbons (Fsp3) is 0.158. The van der Waals surface area contributed by atoms with E-state index in [4.69, 9.17) is 4.84 Å². The van der Waals surface area contributed by atoms with Crippen LogP contribution in [0.5, 0.6) is 0 Å². The molecule has 3 rings (SSSR count). The van der Waals surface area contributed by atoms with Gasteiger partial charge in [-0.3, -0.25) is 14.5 Å². The van der Waals surface area contributed by atoms with Gasteiger partial charge in [0.1, 0.15) is 6.54 Å². The van der Waals surface area contributed by atoms with Crippen molar-refractivity contribution < 1.29 is 14.4 Å². The van der Waals surface area contributed by atoms with Crippen LogP contribution < -0.4 is 5.32 Å². The number of amides is 3. The molecule has 0 spiro atoms. The first-order chi connectivity index (χ1) is 12.2. The molecule has 1 aliphatic rings. The summed E-state index contributed by atoms with van der Waals surface area (Å²) in [6, 6.07) is 18.1. The molecule has 1 heterocycles. The Balaban J connectivity index is 1.86. The summed E-state index contributed by atoms with van der Waals surface area (Å²) in [7, 11) is 0. The molecule has 1 saturated heterocycles. The monoisotopic (exact) mass is 337 g/mol. The Labute approximate surface area is 146 Å². The topological polar surface area (TPSA) is 61.9 Å². The molecule has 0 unspecified atom stereocenters. The Bertz CT molecular complexity index is 749. The third-order valence-corrected chi connectivity index (χ3v) is 3.78. The van der Waals surface area contributed by atoms with Gasteiger partial charge in [-0.2, -0.15) is 5.06 Å². The van der Waals surface area contributed by atoms with Gasteiger partial charge in [-0.05, 0) is 17.7 Å². The highest BCUT2D eigenvalue weighted by molar-refractivity contribution is 5.94. The Hall–Kier alpha value is -3.12. The summed E-state index contributed by atoms with van der Waals surface area (Å²) >= 11 is 0. The normalized spacial score (nSPS) is 16.8. The zero-order valence-electron chi connectivity index (χ0n) is 13.7. The molecule has 1 aliphatic heterocycles. The first-order valence-electron chi connectivity index (χ1n) is 7.94. The van der Waals surface area contributed by atoms with E-state index in [9.17, 15) is 9.59 Å². The van der Waals surface area contributed by atoms with Crippen LogP contribution in [-0.4, -0.2) is 35.1 Å². The highest BCUT2D eigenvalue weighted by atomic mass is 16.7. The predicted molar refractivity (Wildman–Crippen MR) is 94.3 cm³/mol. The predicted octanol–water partition coefficient (Wildman–Crippen LogP) is 3.18. The lowest BCUT2D eigenvalue weighted by Gasteiger charge is -2.29. The van der Waals surface area contributed by atoms with Crippen molar-refractivity contribution in [1.82, 2.24) is 9.96 Å². The number of hydrogen-bond acceptors (Lipinski definition) is 3. The van der Waals surface area contributed by atoms with E-state index in [0.29, 0.717) is 5.69 Å². The average Bonchev–Trinajstić information content (AvgIpc) is 2.98. The molecule has 1 N–H and O–H groups in total. The SMILES string of the molecule is C=CCON1C(=O)CN(C(=O)Nc2ccccc2)[C@H]1c1ccccc1. The van der Waals surface area contributed by atoms with Crippen molar-refractivity contribution in [1.29, 1.82) is 0 Å². The Morgan fingerprint density at radius 3 is 2.44 bits per heavy atom. The Morgan fingerprint density at radius 2 is 1.80 bits per heavy atom. The number of carbonyl (C=O) groups is 2. The maximum Gasteiger partial charge on any atom is 0.324 e. The van der Waals surface area contributed by atoms with Gasteiger partial charge in [-0.1, -0.05) is 54.6 Å². The number of carbonyl (C=O) groups excluding carboxylic acids is 2. The zero-order valence-corrected chi connectivity index (χ0v) is 13.7. The summed E-state index contributed by atoms with van der Waals surface area (Å²) in [5, 5.41) is 4.05. The van der Waals surface area contributed by atoms with Gasteiger partial charge in [0.2, 0.25) is 0 Å². The van der Waals surface area contributed by atoms with Gasteiger partial charge >= 0.3 is 6.03 Å². The summed E-state index contributed by atoms with van der Waals surface area (Å²) in [5.41, 5.74) is 1.46. The van der Waals surface area contributed by atoms with Crippen LogP contribution in [0.4, 0.5) is 10.5 Å². The van der Waals surface area contributed by atoms with Crippen molar-refractivity contribution >= 4 is 17.6 Å². The van der Waals surface area contributed by atoms with E-state index in [1.807, 2.05) is 48.5 Å². The van der Waals surface area contributed by atoms with E-state index in [1.54, 1.807) is 18.2 Å². The number of urea groups is 1. The molecular weight excluding hydrogens is 318 g/mol. The number of anilines is 1. The minimum atomic E-state index is -0.627. The minimum absolute atomic E-state index is 0.0601. The number of hydrogen-bond donors (Lipinski definition) is 1. The van der Waals surface area contributed by atoms with Gasteiger partial charge < -0.3 is 5.32 Å². The van der Waals surface area contributed by atoms with Crippen LogP contribution in [0.25, 0.3) is 0 Å². The minimum Gasteiger partial charge on any atom is -0.308 e. The second kappa shape index (κ2) is 7.63. The number of nitrogens with one attached hydrogen (secondary N) is 1. The van der Waals surface area contributed by atoms with E-state index >= 15 is 0 Å². The van der Waals surface area contributed by atoms with E-state index in [2.05, 4.69) is 11.9 Å². The standard InChI is InChI=1S/C19H19N3O3/c1-2-13-25-22-17(23)14-21(18(22)15-9-5-3-6-10-15)19(24)20-16-11-7-4-8-12-16/h2-12,18H,1,13-14H2,(H,20,24)/t18-/m1/s1. The molecule has 1 fully saturated rings. The zero-order chi connectivity index (χ0) is 17.6. The molecule has 2 aromatic rings. The van der Waals surface area contributed by atoms with Crippen molar-refractivity contribution in [3.8, 4) is 0 Å². The summed E-state index contributed by atoms with van der Waals surface area (Å²) in [6.45, 7) is 3.72. The highest BCUT2D eigenvalue weighted by Crippen LogP contribution is 2.31. The van der Waals surface area contributed by atoms with Gasteiger partial charge in [0.05, 0.1) is 6.61 Å². The molecule has 128 valence electrons. The summed E-state index contributed by atoms with van der Waals surface area (Å²) < 4.78 is 0. The molecule has 6 nitrogen and oxygen atoms in total. The van der Waals surface area contributed by atoms with Gasteiger partial charge in [0, 0.05) is 5.69 Å². The van der Waals surface area contributed by atoms with Gasteiger partial charge in [-0.25, -0.2) is 4.79 Å². The van der Waals surface area contributed by atoms with Crippen molar-refractivity contribution in [2.75, 3.05) is 18.5 Å². The van der Waals surface area contributed by atoms with Crippen molar-refractivity contribution in [2.24, 2.45) is 0 Å². The van der Waals surface area contributed by atoms with E-state index in [-0.39, 0.29) is 25.1 Å². The number of benzene rings is 2. The molecule has 0 aliphatic carbocycles. The van der Waals surface area contributed by atoms with Gasteiger partial charge in [0.25, 0.3) is 5.91 Å². The van der Waals surface area contributed by atoms with E-state index in [1.165, 1.54) is 9.96 Å². The highest BCUT2D eigenvalue weighted by Gasteiger charge is 2.42. The summed E-state index contributed by atoms with van der Waals surface area (Å²) in [5.74, 6) is -0.279. The maximum absolute atomic E-state index is 12.7. The number of para-hydroxylation sites is 1. The molecule has 6 heteroatoms. The fourth-order valence-corrected chi connectivity index (χ4v) is 2.68. The molecule has 0 aromatic heterocycles. The molecular formula is C19H19N3O3. The number of nitrogens with zero attached hydrogens (tertiary/aromatic N) is 2. The van der Waals surface area contributed by atoms with Gasteiger partial charge in [0.15, 0.2) is 6.17 Å². The molecule has 0 bridgehead atoms. The quantitative estimate of drug-likeness (QED) is 0.853. The fourth-order valence-electron chi connectivity index (χ4n) is 2.68. The lowest BCUT2D eigenvalue weighted by molar-refractivity contribution is -0.190. The molecule has 2 aromatic carbocycles. The maximum atomic E-state index is 12.7. The molecule has 25 heavy (non-hydrogen) atoms. The van der Waals surface area contributed by atoms with Crippen LogP contribution in [0.3, 0.4) is 0 Å². The van der Waals surface area contributed by atoms with Crippen LogP contribution in [0.2, 0.25) is 0 Å². The molecule has 0 radical (unpaired) electrons. The average molecular weight is 337 g/mol. The van der Waals surface area contributed by atoms with Crippen LogP contribution in [0, 0.1) is 0 Å². The second-order valence-electron chi connectivity index (χ2n) is 5.51.